The molecule has 7 nitrogen and oxygen atoms in total. The van der Waals surface area contributed by atoms with Gasteiger partial charge in [0.25, 0.3) is 0 Å². The van der Waals surface area contributed by atoms with Crippen molar-refractivity contribution in [2.24, 2.45) is 0 Å². The number of piperazine rings is 2. The number of nitrogens with one attached hydrogen (secondary N) is 1. The second-order valence-corrected chi connectivity index (χ2v) is 6.87. The minimum Gasteiger partial charge on any atom is -0.444 e. The average molecular weight is 312 g/mol. The summed E-state index contributed by atoms with van der Waals surface area (Å²) in [6, 6.07) is 0. The summed E-state index contributed by atoms with van der Waals surface area (Å²) >= 11 is 0. The van der Waals surface area contributed by atoms with Crippen LogP contribution in [0, 0.1) is 0 Å². The van der Waals surface area contributed by atoms with E-state index in [-0.39, 0.29) is 12.0 Å². The molecule has 2 amide bonds. The lowest BCUT2D eigenvalue weighted by molar-refractivity contribution is -0.133. The molecule has 0 unspecified atom stereocenters. The lowest BCUT2D eigenvalue weighted by atomic mass is 10.2. The highest BCUT2D eigenvalue weighted by Crippen LogP contribution is 2.12. The monoisotopic (exact) mass is 312 g/mol. The van der Waals surface area contributed by atoms with Gasteiger partial charge in [0.1, 0.15) is 5.60 Å². The van der Waals surface area contributed by atoms with Crippen LogP contribution in [0.25, 0.3) is 0 Å². The maximum absolute atomic E-state index is 12.2. The van der Waals surface area contributed by atoms with E-state index < -0.39 is 5.60 Å². The normalized spacial score (nSPS) is 20.9. The molecule has 0 aromatic rings. The maximum atomic E-state index is 12.2. The minimum atomic E-state index is -0.466. The SMILES string of the molecule is CC(C)(C)OC(=O)N1CCN(CC(=O)N2CCNCC2)CC1. The van der Waals surface area contributed by atoms with Crippen LogP contribution in [-0.2, 0) is 9.53 Å². The molecule has 2 rings (SSSR count). The molecule has 2 heterocycles. The molecule has 0 aliphatic carbocycles. The molecule has 0 atom stereocenters. The van der Waals surface area contributed by atoms with Crippen molar-refractivity contribution < 1.29 is 14.3 Å². The number of nitrogens with zero attached hydrogens (tertiary/aromatic N) is 3. The highest BCUT2D eigenvalue weighted by Gasteiger charge is 2.27. The average Bonchev–Trinajstić information content (AvgIpc) is 2.47. The van der Waals surface area contributed by atoms with E-state index >= 15 is 0 Å². The van der Waals surface area contributed by atoms with Gasteiger partial charge < -0.3 is 19.9 Å². The van der Waals surface area contributed by atoms with Crippen LogP contribution < -0.4 is 5.32 Å². The Morgan fingerprint density at radius 1 is 0.955 bits per heavy atom. The Kier molecular flexibility index (Phi) is 5.63. The molecule has 0 saturated carbocycles. The van der Waals surface area contributed by atoms with E-state index in [2.05, 4.69) is 10.2 Å². The molecule has 126 valence electrons. The largest absolute Gasteiger partial charge is 0.444 e. The fourth-order valence-electron chi connectivity index (χ4n) is 2.62. The Morgan fingerprint density at radius 3 is 2.09 bits per heavy atom. The van der Waals surface area contributed by atoms with Gasteiger partial charge in [-0.2, -0.15) is 0 Å². The van der Waals surface area contributed by atoms with E-state index in [1.165, 1.54) is 0 Å². The zero-order valence-electron chi connectivity index (χ0n) is 13.9. The predicted octanol–water partition coefficient (Wildman–Crippen LogP) is -0.0291. The molecule has 0 aromatic carbocycles. The number of carbonyl (C=O) groups is 2. The van der Waals surface area contributed by atoms with Gasteiger partial charge in [0.05, 0.1) is 6.54 Å². The molecule has 2 aliphatic rings. The zero-order valence-corrected chi connectivity index (χ0v) is 13.9. The van der Waals surface area contributed by atoms with E-state index in [4.69, 9.17) is 4.74 Å². The van der Waals surface area contributed by atoms with Gasteiger partial charge in [0, 0.05) is 52.4 Å². The molecule has 2 fully saturated rings. The van der Waals surface area contributed by atoms with Crippen molar-refractivity contribution in [3.05, 3.63) is 0 Å². The highest BCUT2D eigenvalue weighted by molar-refractivity contribution is 5.78. The van der Waals surface area contributed by atoms with Crippen LogP contribution in [-0.4, -0.2) is 91.2 Å². The first-order chi connectivity index (χ1) is 10.3. The number of carbonyl (C=O) groups excluding carboxylic acids is 2. The molecule has 0 aromatic heterocycles. The molecule has 2 saturated heterocycles. The summed E-state index contributed by atoms with van der Waals surface area (Å²) < 4.78 is 5.38. The number of amides is 2. The summed E-state index contributed by atoms with van der Waals surface area (Å²) in [5.74, 6) is 0.187. The van der Waals surface area contributed by atoms with Crippen molar-refractivity contribution in [3.8, 4) is 0 Å². The molecular formula is C15H28N4O3. The van der Waals surface area contributed by atoms with Crippen molar-refractivity contribution in [2.75, 3.05) is 58.9 Å². The highest BCUT2D eigenvalue weighted by atomic mass is 16.6. The van der Waals surface area contributed by atoms with Gasteiger partial charge in [0.15, 0.2) is 0 Å². The van der Waals surface area contributed by atoms with E-state index in [9.17, 15) is 9.59 Å². The Balaban J connectivity index is 1.72. The Bertz CT molecular complexity index is 394. The van der Waals surface area contributed by atoms with Crippen LogP contribution in [0.2, 0.25) is 0 Å². The maximum Gasteiger partial charge on any atom is 0.410 e. The lowest BCUT2D eigenvalue weighted by Gasteiger charge is -2.36. The second-order valence-electron chi connectivity index (χ2n) is 6.87. The third-order valence-electron chi connectivity index (χ3n) is 3.85. The van der Waals surface area contributed by atoms with E-state index in [0.717, 1.165) is 39.3 Å². The van der Waals surface area contributed by atoms with Crippen LogP contribution >= 0.6 is 0 Å². The third kappa shape index (κ3) is 5.14. The van der Waals surface area contributed by atoms with Crippen molar-refractivity contribution >= 4 is 12.0 Å². The van der Waals surface area contributed by atoms with Crippen molar-refractivity contribution in [3.63, 3.8) is 0 Å². The van der Waals surface area contributed by atoms with Crippen molar-refractivity contribution in [2.45, 2.75) is 26.4 Å². The van der Waals surface area contributed by atoms with Gasteiger partial charge in [-0.3, -0.25) is 9.69 Å². The Labute approximate surface area is 132 Å². The number of rotatable bonds is 2. The second kappa shape index (κ2) is 7.28. The summed E-state index contributed by atoms with van der Waals surface area (Å²) in [6.45, 7) is 12.0. The molecule has 0 spiro atoms. The first-order valence-corrected chi connectivity index (χ1v) is 8.04. The summed E-state index contributed by atoms with van der Waals surface area (Å²) in [7, 11) is 0. The molecule has 7 heteroatoms. The smallest absolute Gasteiger partial charge is 0.410 e. The van der Waals surface area contributed by atoms with Crippen LogP contribution in [0.5, 0.6) is 0 Å². The first kappa shape index (κ1) is 17.0. The molecule has 0 radical (unpaired) electrons. The zero-order chi connectivity index (χ0) is 16.2. The summed E-state index contributed by atoms with van der Waals surface area (Å²) in [5.41, 5.74) is -0.466. The predicted molar refractivity (Wildman–Crippen MR) is 83.7 cm³/mol. The van der Waals surface area contributed by atoms with Crippen LogP contribution in [0.1, 0.15) is 20.8 Å². The fourth-order valence-corrected chi connectivity index (χ4v) is 2.62. The summed E-state index contributed by atoms with van der Waals surface area (Å²) in [5, 5.41) is 3.24. The van der Waals surface area contributed by atoms with Gasteiger partial charge in [-0.1, -0.05) is 0 Å². The summed E-state index contributed by atoms with van der Waals surface area (Å²) in [4.78, 5) is 30.0. The van der Waals surface area contributed by atoms with E-state index in [1.54, 1.807) is 4.90 Å². The van der Waals surface area contributed by atoms with Crippen LogP contribution in [0.15, 0.2) is 0 Å². The van der Waals surface area contributed by atoms with E-state index in [0.29, 0.717) is 19.6 Å². The quantitative estimate of drug-likeness (QED) is 0.776. The van der Waals surface area contributed by atoms with Gasteiger partial charge in [0.2, 0.25) is 5.91 Å². The molecular weight excluding hydrogens is 284 g/mol. The van der Waals surface area contributed by atoms with Crippen molar-refractivity contribution in [1.82, 2.24) is 20.0 Å². The summed E-state index contributed by atoms with van der Waals surface area (Å²) in [6.07, 6.45) is -0.263. The number of ether oxygens (including phenoxy) is 1. The molecule has 1 N–H and O–H groups in total. The Hall–Kier alpha value is -1.34. The minimum absolute atomic E-state index is 0.187. The van der Waals surface area contributed by atoms with Crippen LogP contribution in [0.4, 0.5) is 4.79 Å². The number of hydrogen-bond donors (Lipinski definition) is 1. The number of hydrogen-bond acceptors (Lipinski definition) is 5. The molecule has 0 bridgehead atoms. The van der Waals surface area contributed by atoms with Crippen LogP contribution in [0.3, 0.4) is 0 Å². The Morgan fingerprint density at radius 2 is 1.55 bits per heavy atom. The van der Waals surface area contributed by atoms with Gasteiger partial charge >= 0.3 is 6.09 Å². The topological polar surface area (TPSA) is 65.1 Å². The lowest BCUT2D eigenvalue weighted by Crippen LogP contribution is -2.54. The van der Waals surface area contributed by atoms with Gasteiger partial charge in [-0.25, -0.2) is 4.79 Å². The fraction of sp³-hybridized carbons (Fsp3) is 0.867. The first-order valence-electron chi connectivity index (χ1n) is 8.04. The van der Waals surface area contributed by atoms with E-state index in [1.807, 2.05) is 25.7 Å². The molecule has 2 aliphatic heterocycles. The van der Waals surface area contributed by atoms with Gasteiger partial charge in [-0.05, 0) is 20.8 Å². The standard InChI is InChI=1S/C15H28N4O3/c1-15(2,3)22-14(21)19-10-8-17(9-11-19)12-13(20)18-6-4-16-5-7-18/h16H,4-12H2,1-3H3. The molecule has 22 heavy (non-hydrogen) atoms. The third-order valence-corrected chi connectivity index (χ3v) is 3.85. The van der Waals surface area contributed by atoms with Crippen molar-refractivity contribution in [1.29, 1.82) is 0 Å². The van der Waals surface area contributed by atoms with Gasteiger partial charge in [-0.15, -0.1) is 0 Å².